The summed E-state index contributed by atoms with van der Waals surface area (Å²) < 4.78 is 0. The fourth-order valence-corrected chi connectivity index (χ4v) is 3.41. The summed E-state index contributed by atoms with van der Waals surface area (Å²) in [5.74, 6) is 0.503. The first kappa shape index (κ1) is 12.7. The molecule has 3 nitrogen and oxygen atoms in total. The maximum atomic E-state index is 11.8. The van der Waals surface area contributed by atoms with Crippen molar-refractivity contribution in [3.8, 4) is 0 Å². The second kappa shape index (κ2) is 5.29. The third-order valence-electron chi connectivity index (χ3n) is 2.60. The number of carbonyl (C=O) groups excluding carboxylic acids is 1. The van der Waals surface area contributed by atoms with Crippen LogP contribution in [0.4, 0.5) is 0 Å². The van der Waals surface area contributed by atoms with E-state index in [1.54, 1.807) is 23.6 Å². The number of amides is 1. The average Bonchev–Trinajstić information content (AvgIpc) is 2.61. The first-order valence-electron chi connectivity index (χ1n) is 5.43. The molecule has 92 valence electrons. The summed E-state index contributed by atoms with van der Waals surface area (Å²) in [4.78, 5) is 13.4. The molecule has 0 radical (unpaired) electrons. The smallest absolute Gasteiger partial charge is 0.233 e. The Bertz CT molecular complexity index is 425. The summed E-state index contributed by atoms with van der Waals surface area (Å²) in [5, 5.41) is 10.0. The molecule has 1 amide bonds. The Balaban J connectivity index is 2.25. The second-order valence-electron chi connectivity index (χ2n) is 4.08. The van der Waals surface area contributed by atoms with Gasteiger partial charge in [-0.2, -0.15) is 0 Å². The van der Waals surface area contributed by atoms with Gasteiger partial charge < -0.3 is 10.0 Å². The van der Waals surface area contributed by atoms with E-state index in [1.807, 2.05) is 24.3 Å². The highest BCUT2D eigenvalue weighted by molar-refractivity contribution is 8.00. The van der Waals surface area contributed by atoms with Gasteiger partial charge in [0.2, 0.25) is 5.91 Å². The van der Waals surface area contributed by atoms with E-state index in [-0.39, 0.29) is 11.3 Å². The molecule has 1 aliphatic heterocycles. The lowest BCUT2D eigenvalue weighted by Gasteiger charge is -2.26. The van der Waals surface area contributed by atoms with E-state index in [9.17, 15) is 9.90 Å². The molecule has 1 heterocycles. The Morgan fingerprint density at radius 3 is 2.94 bits per heavy atom. The average molecular weight is 272 g/mol. The van der Waals surface area contributed by atoms with Crippen LogP contribution in [-0.4, -0.2) is 34.3 Å². The third-order valence-corrected chi connectivity index (χ3v) is 4.18. The van der Waals surface area contributed by atoms with Gasteiger partial charge in [0, 0.05) is 17.1 Å². The van der Waals surface area contributed by atoms with Gasteiger partial charge in [-0.25, -0.2) is 0 Å². The fourth-order valence-electron chi connectivity index (χ4n) is 1.87. The van der Waals surface area contributed by atoms with Crippen LogP contribution < -0.4 is 0 Å². The van der Waals surface area contributed by atoms with Gasteiger partial charge in [0.05, 0.1) is 11.9 Å². The zero-order valence-electron chi connectivity index (χ0n) is 9.47. The molecule has 0 spiro atoms. The van der Waals surface area contributed by atoms with Gasteiger partial charge >= 0.3 is 0 Å². The van der Waals surface area contributed by atoms with Crippen molar-refractivity contribution in [2.45, 2.75) is 18.4 Å². The SMILES string of the molecule is CC(O)CN1C(=O)CSC1c1ccccc1Cl. The second-order valence-corrected chi connectivity index (χ2v) is 5.56. The number of carbonyl (C=O) groups is 1. The highest BCUT2D eigenvalue weighted by Gasteiger charge is 2.34. The molecule has 1 aromatic carbocycles. The molecule has 5 heteroatoms. The van der Waals surface area contributed by atoms with Gasteiger partial charge in [-0.15, -0.1) is 11.8 Å². The van der Waals surface area contributed by atoms with Gasteiger partial charge in [-0.05, 0) is 13.0 Å². The largest absolute Gasteiger partial charge is 0.392 e. The van der Waals surface area contributed by atoms with E-state index in [0.29, 0.717) is 17.3 Å². The van der Waals surface area contributed by atoms with Crippen LogP contribution in [0.25, 0.3) is 0 Å². The Kier molecular flexibility index (Phi) is 3.97. The molecule has 1 N–H and O–H groups in total. The molecule has 17 heavy (non-hydrogen) atoms. The molecule has 1 saturated heterocycles. The van der Waals surface area contributed by atoms with Crippen molar-refractivity contribution in [1.82, 2.24) is 4.90 Å². The molecule has 2 atom stereocenters. The fraction of sp³-hybridized carbons (Fsp3) is 0.417. The lowest BCUT2D eigenvalue weighted by Crippen LogP contribution is -2.34. The van der Waals surface area contributed by atoms with Crippen molar-refractivity contribution in [3.05, 3.63) is 34.9 Å². The number of β-amino-alcohol motifs (C(OH)–C–C–N with tert-alkyl or cyclic N) is 1. The summed E-state index contributed by atoms with van der Waals surface area (Å²) in [6.07, 6.45) is -0.525. The van der Waals surface area contributed by atoms with Crippen LogP contribution in [0.2, 0.25) is 5.02 Å². The number of hydrogen-bond donors (Lipinski definition) is 1. The first-order chi connectivity index (χ1) is 8.09. The Labute approximate surface area is 110 Å². The monoisotopic (exact) mass is 271 g/mol. The van der Waals surface area contributed by atoms with E-state index in [0.717, 1.165) is 5.56 Å². The molecule has 0 saturated carbocycles. The normalized spacial score (nSPS) is 21.9. The summed E-state index contributed by atoms with van der Waals surface area (Å²) in [5.41, 5.74) is 0.936. The molecule has 2 rings (SSSR count). The maximum absolute atomic E-state index is 11.8. The molecule has 2 unspecified atom stereocenters. The number of aliphatic hydroxyl groups is 1. The van der Waals surface area contributed by atoms with Crippen LogP contribution in [-0.2, 0) is 4.79 Å². The standard InChI is InChI=1S/C12H14ClNO2S/c1-8(15)6-14-11(16)7-17-12(14)9-4-2-3-5-10(9)13/h2-5,8,12,15H,6-7H2,1H3. The molecular formula is C12H14ClNO2S. The Morgan fingerprint density at radius 2 is 2.29 bits per heavy atom. The molecule has 1 aliphatic rings. The van der Waals surface area contributed by atoms with E-state index in [4.69, 9.17) is 11.6 Å². The molecule has 1 aromatic rings. The molecule has 0 bridgehead atoms. The van der Waals surface area contributed by atoms with Gasteiger partial charge in [-0.1, -0.05) is 29.8 Å². The summed E-state index contributed by atoms with van der Waals surface area (Å²) >= 11 is 7.69. The Hall–Kier alpha value is -0.710. The number of benzene rings is 1. The van der Waals surface area contributed by atoms with Crippen LogP contribution >= 0.6 is 23.4 Å². The maximum Gasteiger partial charge on any atom is 0.233 e. The Morgan fingerprint density at radius 1 is 1.59 bits per heavy atom. The molecule has 1 fully saturated rings. The minimum atomic E-state index is -0.525. The van der Waals surface area contributed by atoms with E-state index >= 15 is 0 Å². The van der Waals surface area contributed by atoms with Crippen molar-refractivity contribution in [3.63, 3.8) is 0 Å². The van der Waals surface area contributed by atoms with Gasteiger partial charge in [-0.3, -0.25) is 4.79 Å². The van der Waals surface area contributed by atoms with Crippen molar-refractivity contribution in [1.29, 1.82) is 0 Å². The zero-order valence-corrected chi connectivity index (χ0v) is 11.0. The van der Waals surface area contributed by atoms with Gasteiger partial charge in [0.25, 0.3) is 0 Å². The highest BCUT2D eigenvalue weighted by Crippen LogP contribution is 2.41. The van der Waals surface area contributed by atoms with Crippen molar-refractivity contribution in [2.75, 3.05) is 12.3 Å². The molecular weight excluding hydrogens is 258 g/mol. The van der Waals surface area contributed by atoms with Crippen molar-refractivity contribution >= 4 is 29.3 Å². The number of aliphatic hydroxyl groups excluding tert-OH is 1. The third kappa shape index (κ3) is 2.76. The van der Waals surface area contributed by atoms with E-state index < -0.39 is 6.10 Å². The van der Waals surface area contributed by atoms with Crippen LogP contribution in [0.1, 0.15) is 17.9 Å². The summed E-state index contributed by atoms with van der Waals surface area (Å²) in [7, 11) is 0. The summed E-state index contributed by atoms with van der Waals surface area (Å²) in [6.45, 7) is 2.03. The number of hydrogen-bond acceptors (Lipinski definition) is 3. The minimum absolute atomic E-state index is 0.0563. The highest BCUT2D eigenvalue weighted by atomic mass is 35.5. The van der Waals surface area contributed by atoms with Crippen molar-refractivity contribution < 1.29 is 9.90 Å². The lowest BCUT2D eigenvalue weighted by molar-refractivity contribution is -0.129. The number of thioether (sulfide) groups is 1. The minimum Gasteiger partial charge on any atom is -0.392 e. The van der Waals surface area contributed by atoms with Gasteiger partial charge in [0.1, 0.15) is 5.37 Å². The number of rotatable bonds is 3. The van der Waals surface area contributed by atoms with Crippen LogP contribution in [0.5, 0.6) is 0 Å². The zero-order chi connectivity index (χ0) is 12.4. The first-order valence-corrected chi connectivity index (χ1v) is 6.86. The number of nitrogens with zero attached hydrogens (tertiary/aromatic N) is 1. The van der Waals surface area contributed by atoms with Crippen LogP contribution in [0.3, 0.4) is 0 Å². The van der Waals surface area contributed by atoms with E-state index in [1.165, 1.54) is 0 Å². The molecule has 0 aliphatic carbocycles. The van der Waals surface area contributed by atoms with E-state index in [2.05, 4.69) is 0 Å². The lowest BCUT2D eigenvalue weighted by atomic mass is 10.2. The predicted octanol–water partition coefficient (Wildman–Crippen LogP) is 2.29. The van der Waals surface area contributed by atoms with Gasteiger partial charge in [0.15, 0.2) is 0 Å². The van der Waals surface area contributed by atoms with Crippen LogP contribution in [0.15, 0.2) is 24.3 Å². The molecule has 0 aromatic heterocycles. The topological polar surface area (TPSA) is 40.5 Å². The predicted molar refractivity (Wildman–Crippen MR) is 70.0 cm³/mol. The quantitative estimate of drug-likeness (QED) is 0.917. The van der Waals surface area contributed by atoms with Crippen molar-refractivity contribution in [2.24, 2.45) is 0 Å². The summed E-state index contributed by atoms with van der Waals surface area (Å²) in [6, 6.07) is 7.52. The number of halogens is 1. The van der Waals surface area contributed by atoms with Crippen LogP contribution in [0, 0.1) is 0 Å².